The first-order valence-corrected chi connectivity index (χ1v) is 9.81. The van der Waals surface area contributed by atoms with Gasteiger partial charge in [-0.15, -0.1) is 11.8 Å². The average Bonchev–Trinajstić information content (AvgIpc) is 2.50. The summed E-state index contributed by atoms with van der Waals surface area (Å²) in [5.41, 5.74) is 0. The summed E-state index contributed by atoms with van der Waals surface area (Å²) in [5.74, 6) is 6.12. The van der Waals surface area contributed by atoms with Gasteiger partial charge >= 0.3 is 0 Å². The number of hydrogen-bond donors (Lipinski definition) is 0. The van der Waals surface area contributed by atoms with E-state index in [0.29, 0.717) is 0 Å². The molecule has 0 radical (unpaired) electrons. The van der Waals surface area contributed by atoms with Crippen LogP contribution >= 0.6 is 0 Å². The van der Waals surface area contributed by atoms with Crippen molar-refractivity contribution < 1.29 is 0 Å². The highest BCUT2D eigenvalue weighted by Gasteiger charge is 1.94. The molecule has 0 N–H and O–H groups in total. The molecule has 0 spiro atoms. The number of hydrogen-bond acceptors (Lipinski definition) is 0. The van der Waals surface area contributed by atoms with Gasteiger partial charge in [-0.1, -0.05) is 103 Å². The molecule has 0 saturated carbocycles. The second kappa shape index (κ2) is 19.6. The maximum absolute atomic E-state index is 3.15. The molecular weight excluding hydrogens is 252 g/mol. The molecule has 0 rings (SSSR count). The fraction of sp³-hybridized carbons (Fsp3) is 0.905. The largest absolute Gasteiger partial charge is 0.107 e. The van der Waals surface area contributed by atoms with Gasteiger partial charge in [-0.05, 0) is 13.3 Å². The van der Waals surface area contributed by atoms with Crippen LogP contribution in [0.2, 0.25) is 0 Å². The van der Waals surface area contributed by atoms with Crippen LogP contribution in [0.25, 0.3) is 0 Å². The molecule has 0 atom stereocenters. The molecule has 0 fully saturated rings. The highest BCUT2D eigenvalue weighted by atomic mass is 14.0. The Hall–Kier alpha value is -0.440. The number of rotatable bonds is 16. The van der Waals surface area contributed by atoms with Crippen molar-refractivity contribution in [2.75, 3.05) is 0 Å². The molecule has 0 aliphatic rings. The minimum Gasteiger partial charge on any atom is -0.107 e. The minimum atomic E-state index is 1.11. The lowest BCUT2D eigenvalue weighted by Crippen LogP contribution is -1.83. The Morgan fingerprint density at radius 1 is 0.476 bits per heavy atom. The molecule has 0 heterocycles. The van der Waals surface area contributed by atoms with Crippen LogP contribution in [0.4, 0.5) is 0 Å². The predicted octanol–water partition coefficient (Wildman–Crippen LogP) is 7.66. The number of unbranched alkanes of at least 4 members (excludes halogenated alkanes) is 16. The van der Waals surface area contributed by atoms with Crippen molar-refractivity contribution in [2.24, 2.45) is 0 Å². The Balaban J connectivity index is 2.94. The van der Waals surface area contributed by atoms with Gasteiger partial charge in [-0.2, -0.15) is 0 Å². The van der Waals surface area contributed by atoms with Crippen molar-refractivity contribution >= 4 is 0 Å². The van der Waals surface area contributed by atoms with Gasteiger partial charge in [0.15, 0.2) is 0 Å². The van der Waals surface area contributed by atoms with Crippen LogP contribution in [0.1, 0.15) is 123 Å². The van der Waals surface area contributed by atoms with E-state index < -0.39 is 0 Å². The zero-order valence-corrected chi connectivity index (χ0v) is 15.0. The maximum atomic E-state index is 3.15. The Morgan fingerprint density at radius 3 is 1.14 bits per heavy atom. The van der Waals surface area contributed by atoms with Gasteiger partial charge in [-0.3, -0.25) is 0 Å². The molecule has 124 valence electrons. The first-order valence-electron chi connectivity index (χ1n) is 9.81. The van der Waals surface area contributed by atoms with Gasteiger partial charge in [0.25, 0.3) is 0 Å². The van der Waals surface area contributed by atoms with Crippen LogP contribution < -0.4 is 0 Å². The Morgan fingerprint density at radius 2 is 0.810 bits per heavy atom. The molecule has 0 aromatic rings. The van der Waals surface area contributed by atoms with Crippen LogP contribution in [-0.4, -0.2) is 0 Å². The molecule has 0 nitrogen and oxygen atoms in total. The molecule has 21 heavy (non-hydrogen) atoms. The van der Waals surface area contributed by atoms with Crippen molar-refractivity contribution in [1.82, 2.24) is 0 Å². The quantitative estimate of drug-likeness (QED) is 0.202. The summed E-state index contributed by atoms with van der Waals surface area (Å²) in [4.78, 5) is 0. The predicted molar refractivity (Wildman–Crippen MR) is 97.6 cm³/mol. The highest BCUT2D eigenvalue weighted by molar-refractivity contribution is 4.94. The van der Waals surface area contributed by atoms with Crippen molar-refractivity contribution in [3.63, 3.8) is 0 Å². The van der Waals surface area contributed by atoms with Crippen LogP contribution in [0.15, 0.2) is 0 Å². The first kappa shape index (κ1) is 20.6. The van der Waals surface area contributed by atoms with E-state index >= 15 is 0 Å². The summed E-state index contributed by atoms with van der Waals surface area (Å²) in [5, 5.41) is 0. The van der Waals surface area contributed by atoms with Crippen molar-refractivity contribution in [3.8, 4) is 11.8 Å². The van der Waals surface area contributed by atoms with E-state index in [1.54, 1.807) is 0 Å². The first-order chi connectivity index (χ1) is 10.4. The standard InChI is InChI=1S/C21H40/c1-3-5-7-9-11-13-15-17-19-21-20-18-16-14-12-10-8-6-4-2/h3,5,7-21H2,1-2H3. The summed E-state index contributed by atoms with van der Waals surface area (Å²) in [6.45, 7) is 4.23. The SMILES string of the molecule is CC#CCCCCCCCCCCCCCCCCCC. The van der Waals surface area contributed by atoms with Crippen LogP contribution in [-0.2, 0) is 0 Å². The molecule has 0 aliphatic heterocycles. The zero-order chi connectivity index (χ0) is 15.4. The summed E-state index contributed by atoms with van der Waals surface area (Å²) < 4.78 is 0. The van der Waals surface area contributed by atoms with Gasteiger partial charge in [0.05, 0.1) is 0 Å². The summed E-state index contributed by atoms with van der Waals surface area (Å²) in [7, 11) is 0. The molecule has 0 bridgehead atoms. The lowest BCUT2D eigenvalue weighted by molar-refractivity contribution is 0.530. The Labute approximate surface area is 135 Å². The normalized spacial score (nSPS) is 10.4. The van der Waals surface area contributed by atoms with Crippen LogP contribution in [0, 0.1) is 11.8 Å². The van der Waals surface area contributed by atoms with E-state index in [1.807, 2.05) is 6.92 Å². The van der Waals surface area contributed by atoms with E-state index in [0.717, 1.165) is 6.42 Å². The molecule has 0 aromatic heterocycles. The summed E-state index contributed by atoms with van der Waals surface area (Å²) in [6, 6.07) is 0. The van der Waals surface area contributed by atoms with E-state index in [1.165, 1.54) is 103 Å². The van der Waals surface area contributed by atoms with E-state index in [-0.39, 0.29) is 0 Å². The molecular formula is C21H40. The molecule has 0 heteroatoms. The van der Waals surface area contributed by atoms with Crippen molar-refractivity contribution in [1.29, 1.82) is 0 Å². The lowest BCUT2D eigenvalue weighted by Gasteiger charge is -2.03. The fourth-order valence-electron chi connectivity index (χ4n) is 2.89. The fourth-order valence-corrected chi connectivity index (χ4v) is 2.89. The van der Waals surface area contributed by atoms with Gasteiger partial charge in [0.1, 0.15) is 0 Å². The zero-order valence-electron chi connectivity index (χ0n) is 15.0. The van der Waals surface area contributed by atoms with E-state index in [4.69, 9.17) is 0 Å². The Kier molecular flexibility index (Phi) is 19.2. The summed E-state index contributed by atoms with van der Waals surface area (Å²) >= 11 is 0. The average molecular weight is 293 g/mol. The van der Waals surface area contributed by atoms with Gasteiger partial charge in [0, 0.05) is 6.42 Å². The molecule has 0 aromatic carbocycles. The van der Waals surface area contributed by atoms with Gasteiger partial charge in [-0.25, -0.2) is 0 Å². The third-order valence-corrected chi connectivity index (χ3v) is 4.33. The monoisotopic (exact) mass is 292 g/mol. The molecule has 0 amide bonds. The third-order valence-electron chi connectivity index (χ3n) is 4.33. The van der Waals surface area contributed by atoms with E-state index in [9.17, 15) is 0 Å². The van der Waals surface area contributed by atoms with Gasteiger partial charge in [0.2, 0.25) is 0 Å². The second-order valence-corrected chi connectivity index (χ2v) is 6.48. The minimum absolute atomic E-state index is 1.11. The maximum Gasteiger partial charge on any atom is 0.00885 e. The van der Waals surface area contributed by atoms with E-state index in [2.05, 4.69) is 18.8 Å². The topological polar surface area (TPSA) is 0 Å². The highest BCUT2D eigenvalue weighted by Crippen LogP contribution is 2.13. The van der Waals surface area contributed by atoms with Gasteiger partial charge < -0.3 is 0 Å². The lowest BCUT2D eigenvalue weighted by atomic mass is 10.0. The molecule has 0 unspecified atom stereocenters. The van der Waals surface area contributed by atoms with Crippen molar-refractivity contribution in [3.05, 3.63) is 0 Å². The molecule has 0 aliphatic carbocycles. The van der Waals surface area contributed by atoms with Crippen molar-refractivity contribution in [2.45, 2.75) is 123 Å². The Bertz CT molecular complexity index is 230. The van der Waals surface area contributed by atoms with Crippen LogP contribution in [0.5, 0.6) is 0 Å². The van der Waals surface area contributed by atoms with Crippen LogP contribution in [0.3, 0.4) is 0 Å². The second-order valence-electron chi connectivity index (χ2n) is 6.48. The summed E-state index contributed by atoms with van der Waals surface area (Å²) in [6.07, 6.45) is 24.2. The third kappa shape index (κ3) is 19.6. The smallest absolute Gasteiger partial charge is 0.00885 e. The molecule has 0 saturated heterocycles.